The van der Waals surface area contributed by atoms with Crippen LogP contribution in [-0.4, -0.2) is 23.5 Å². The van der Waals surface area contributed by atoms with Crippen molar-refractivity contribution < 1.29 is 4.79 Å². The molecule has 1 aliphatic heterocycles. The molecule has 2 rings (SSSR count). The lowest BCUT2D eigenvalue weighted by Gasteiger charge is -2.26. The number of nitrogens with one attached hydrogen (secondary N) is 2. The van der Waals surface area contributed by atoms with Crippen LogP contribution < -0.4 is 10.6 Å². The Morgan fingerprint density at radius 1 is 1.56 bits per heavy atom. The van der Waals surface area contributed by atoms with Gasteiger partial charge in [0.05, 0.1) is 0 Å². The van der Waals surface area contributed by atoms with Crippen molar-refractivity contribution in [2.24, 2.45) is 5.92 Å². The molecule has 18 heavy (non-hydrogen) atoms. The zero-order chi connectivity index (χ0) is 12.3. The van der Waals surface area contributed by atoms with Crippen molar-refractivity contribution in [2.45, 2.75) is 32.7 Å². The molecule has 4 nitrogen and oxygen atoms in total. The molecule has 1 aromatic heterocycles. The average Bonchev–Trinajstić information content (AvgIpc) is 2.29. The summed E-state index contributed by atoms with van der Waals surface area (Å²) in [5, 5.41) is 6.24. The van der Waals surface area contributed by atoms with Crippen molar-refractivity contribution >= 4 is 24.1 Å². The van der Waals surface area contributed by atoms with Gasteiger partial charge in [-0.2, -0.15) is 0 Å². The minimum absolute atomic E-state index is 0. The molecule has 0 spiro atoms. The first kappa shape index (κ1) is 14.9. The van der Waals surface area contributed by atoms with Crippen LogP contribution in [0.15, 0.2) is 18.3 Å². The smallest absolute Gasteiger partial charge is 0.228 e. The van der Waals surface area contributed by atoms with Crippen LogP contribution in [0.3, 0.4) is 0 Å². The van der Waals surface area contributed by atoms with E-state index in [1.54, 1.807) is 6.20 Å². The van der Waals surface area contributed by atoms with Gasteiger partial charge in [0.1, 0.15) is 5.82 Å². The van der Waals surface area contributed by atoms with E-state index in [9.17, 15) is 4.79 Å². The van der Waals surface area contributed by atoms with Gasteiger partial charge in [0.25, 0.3) is 0 Å². The van der Waals surface area contributed by atoms with Gasteiger partial charge < -0.3 is 10.6 Å². The number of hydrogen-bond donors (Lipinski definition) is 2. The SMILES string of the molecule is Cc1ccnc(NC(=O)[C@H]2CCN[C@@H](C)C2)c1.Cl. The fourth-order valence-electron chi connectivity index (χ4n) is 2.20. The highest BCUT2D eigenvalue weighted by molar-refractivity contribution is 5.91. The second kappa shape index (κ2) is 6.71. The van der Waals surface area contributed by atoms with Crippen LogP contribution in [0.1, 0.15) is 25.3 Å². The highest BCUT2D eigenvalue weighted by atomic mass is 35.5. The summed E-state index contributed by atoms with van der Waals surface area (Å²) in [6, 6.07) is 4.23. The second-order valence-corrected chi connectivity index (χ2v) is 4.78. The van der Waals surface area contributed by atoms with Crippen molar-refractivity contribution in [1.82, 2.24) is 10.3 Å². The Kier molecular flexibility index (Phi) is 5.56. The third-order valence-corrected chi connectivity index (χ3v) is 3.16. The predicted molar refractivity (Wildman–Crippen MR) is 75.0 cm³/mol. The minimum atomic E-state index is 0. The van der Waals surface area contributed by atoms with Crippen LogP contribution in [-0.2, 0) is 4.79 Å². The lowest BCUT2D eigenvalue weighted by atomic mass is 9.92. The number of carbonyl (C=O) groups is 1. The number of hydrogen-bond acceptors (Lipinski definition) is 3. The number of anilines is 1. The van der Waals surface area contributed by atoms with Gasteiger partial charge in [-0.15, -0.1) is 12.4 Å². The molecular formula is C13H20ClN3O. The maximum atomic E-state index is 12.0. The largest absolute Gasteiger partial charge is 0.314 e. The number of piperidine rings is 1. The maximum absolute atomic E-state index is 12.0. The van der Waals surface area contributed by atoms with E-state index in [-0.39, 0.29) is 24.2 Å². The molecule has 0 unspecified atom stereocenters. The van der Waals surface area contributed by atoms with Gasteiger partial charge >= 0.3 is 0 Å². The molecule has 0 aliphatic carbocycles. The molecule has 2 heterocycles. The molecular weight excluding hydrogens is 250 g/mol. The van der Waals surface area contributed by atoms with E-state index in [1.807, 2.05) is 19.1 Å². The molecule has 0 aromatic carbocycles. The first-order valence-corrected chi connectivity index (χ1v) is 6.12. The van der Waals surface area contributed by atoms with Gasteiger partial charge in [0, 0.05) is 18.2 Å². The van der Waals surface area contributed by atoms with Crippen molar-refractivity contribution in [1.29, 1.82) is 0 Å². The zero-order valence-corrected chi connectivity index (χ0v) is 11.6. The molecule has 5 heteroatoms. The molecule has 1 saturated heterocycles. The topological polar surface area (TPSA) is 54.0 Å². The number of amides is 1. The molecule has 1 fully saturated rings. The first-order chi connectivity index (χ1) is 8.15. The Bertz CT molecular complexity index is 411. The van der Waals surface area contributed by atoms with Crippen LogP contribution in [0.4, 0.5) is 5.82 Å². The fraction of sp³-hybridized carbons (Fsp3) is 0.538. The Hall–Kier alpha value is -1.13. The Labute approximate surface area is 114 Å². The quantitative estimate of drug-likeness (QED) is 0.865. The third-order valence-electron chi connectivity index (χ3n) is 3.16. The van der Waals surface area contributed by atoms with E-state index >= 15 is 0 Å². The predicted octanol–water partition coefficient (Wildman–Crippen LogP) is 2.14. The Balaban J connectivity index is 0.00000162. The van der Waals surface area contributed by atoms with Crippen molar-refractivity contribution in [3.05, 3.63) is 23.9 Å². The number of aryl methyl sites for hydroxylation is 1. The van der Waals surface area contributed by atoms with E-state index in [4.69, 9.17) is 0 Å². The van der Waals surface area contributed by atoms with Gasteiger partial charge in [-0.3, -0.25) is 4.79 Å². The highest BCUT2D eigenvalue weighted by Gasteiger charge is 2.24. The molecule has 1 aliphatic rings. The maximum Gasteiger partial charge on any atom is 0.228 e. The number of pyridine rings is 1. The standard InChI is InChI=1S/C13H19N3O.ClH/c1-9-3-5-15-12(7-9)16-13(17)11-4-6-14-10(2)8-11;/h3,5,7,10-11,14H,4,6,8H2,1-2H3,(H,15,16,17);1H/t10-,11-;/m0./s1. The van der Waals surface area contributed by atoms with E-state index < -0.39 is 0 Å². The molecule has 0 bridgehead atoms. The van der Waals surface area contributed by atoms with Crippen LogP contribution in [0.5, 0.6) is 0 Å². The lowest BCUT2D eigenvalue weighted by molar-refractivity contribution is -0.120. The molecule has 0 saturated carbocycles. The van der Waals surface area contributed by atoms with Crippen molar-refractivity contribution in [2.75, 3.05) is 11.9 Å². The number of nitrogens with zero attached hydrogens (tertiary/aromatic N) is 1. The Morgan fingerprint density at radius 3 is 3.00 bits per heavy atom. The summed E-state index contributed by atoms with van der Waals surface area (Å²) < 4.78 is 0. The van der Waals surface area contributed by atoms with E-state index in [0.717, 1.165) is 24.9 Å². The van der Waals surface area contributed by atoms with Crippen LogP contribution >= 0.6 is 12.4 Å². The van der Waals surface area contributed by atoms with Gasteiger partial charge in [-0.25, -0.2) is 4.98 Å². The van der Waals surface area contributed by atoms with Gasteiger partial charge in [0.15, 0.2) is 0 Å². The van der Waals surface area contributed by atoms with Crippen LogP contribution in [0.25, 0.3) is 0 Å². The van der Waals surface area contributed by atoms with Crippen LogP contribution in [0, 0.1) is 12.8 Å². The minimum Gasteiger partial charge on any atom is -0.314 e. The monoisotopic (exact) mass is 269 g/mol. The summed E-state index contributed by atoms with van der Waals surface area (Å²) in [5.74, 6) is 0.853. The number of rotatable bonds is 2. The molecule has 2 atom stereocenters. The Morgan fingerprint density at radius 2 is 2.33 bits per heavy atom. The average molecular weight is 270 g/mol. The van der Waals surface area contributed by atoms with Gasteiger partial charge in [0.2, 0.25) is 5.91 Å². The summed E-state index contributed by atoms with van der Waals surface area (Å²) in [7, 11) is 0. The molecule has 1 amide bonds. The van der Waals surface area contributed by atoms with Crippen molar-refractivity contribution in [3.8, 4) is 0 Å². The molecule has 1 aromatic rings. The normalized spacial score (nSPS) is 23.0. The fourth-order valence-corrected chi connectivity index (χ4v) is 2.20. The zero-order valence-electron chi connectivity index (χ0n) is 10.8. The molecule has 100 valence electrons. The van der Waals surface area contributed by atoms with Gasteiger partial charge in [-0.1, -0.05) is 0 Å². The summed E-state index contributed by atoms with van der Waals surface area (Å²) in [6.45, 7) is 5.02. The second-order valence-electron chi connectivity index (χ2n) is 4.78. The van der Waals surface area contributed by atoms with E-state index in [1.165, 1.54) is 0 Å². The number of aromatic nitrogens is 1. The van der Waals surface area contributed by atoms with Crippen LogP contribution in [0.2, 0.25) is 0 Å². The van der Waals surface area contributed by atoms with E-state index in [0.29, 0.717) is 11.9 Å². The number of carbonyl (C=O) groups excluding carboxylic acids is 1. The summed E-state index contributed by atoms with van der Waals surface area (Å²) >= 11 is 0. The third kappa shape index (κ3) is 3.96. The summed E-state index contributed by atoms with van der Waals surface area (Å²) in [6.07, 6.45) is 3.52. The first-order valence-electron chi connectivity index (χ1n) is 6.12. The summed E-state index contributed by atoms with van der Waals surface area (Å²) in [4.78, 5) is 16.2. The van der Waals surface area contributed by atoms with E-state index in [2.05, 4.69) is 22.5 Å². The molecule has 2 N–H and O–H groups in total. The van der Waals surface area contributed by atoms with Gasteiger partial charge in [-0.05, 0) is 50.9 Å². The molecule has 0 radical (unpaired) electrons. The lowest BCUT2D eigenvalue weighted by Crippen LogP contribution is -2.40. The summed E-state index contributed by atoms with van der Waals surface area (Å²) in [5.41, 5.74) is 1.11. The highest BCUT2D eigenvalue weighted by Crippen LogP contribution is 2.18. The number of halogens is 1. The van der Waals surface area contributed by atoms with Crippen molar-refractivity contribution in [3.63, 3.8) is 0 Å².